The highest BCUT2D eigenvalue weighted by atomic mass is 16.1. The Morgan fingerprint density at radius 3 is 1.79 bits per heavy atom. The van der Waals surface area contributed by atoms with E-state index in [2.05, 4.69) is 39.9 Å². The third kappa shape index (κ3) is 7.55. The number of nitrogens with two attached hydrogens (primary N) is 1. The summed E-state index contributed by atoms with van der Waals surface area (Å²) < 4.78 is 0. The van der Waals surface area contributed by atoms with Crippen molar-refractivity contribution < 1.29 is 4.79 Å². The molecule has 0 saturated heterocycles. The van der Waals surface area contributed by atoms with Crippen LogP contribution in [-0.2, 0) is 4.79 Å². The number of hydrogen-bond donors (Lipinski definition) is 2. The lowest BCUT2D eigenvalue weighted by atomic mass is 9.73. The first-order chi connectivity index (χ1) is 11.5. The molecule has 144 valence electrons. The molecule has 1 unspecified atom stereocenters. The van der Waals surface area contributed by atoms with Crippen LogP contribution in [0.5, 0.6) is 0 Å². The van der Waals surface area contributed by atoms with Crippen molar-refractivity contribution in [1.29, 1.82) is 0 Å². The van der Waals surface area contributed by atoms with Crippen LogP contribution in [0.1, 0.15) is 105 Å². The lowest BCUT2D eigenvalue weighted by Crippen LogP contribution is -2.61. The quantitative estimate of drug-likeness (QED) is 0.394. The minimum Gasteiger partial charge on any atom is -0.368 e. The fourth-order valence-corrected chi connectivity index (χ4v) is 3.75. The molecule has 0 spiro atoms. The average molecular weight is 341 g/mol. The summed E-state index contributed by atoms with van der Waals surface area (Å²) in [6.45, 7) is 12.0. The van der Waals surface area contributed by atoms with E-state index >= 15 is 0 Å². The molecule has 3 heteroatoms. The highest BCUT2D eigenvalue weighted by molar-refractivity contribution is 5.85. The van der Waals surface area contributed by atoms with Crippen LogP contribution < -0.4 is 11.1 Å². The molecule has 1 amide bonds. The topological polar surface area (TPSA) is 55.1 Å². The van der Waals surface area contributed by atoms with Crippen molar-refractivity contribution in [2.45, 2.75) is 111 Å². The number of unbranched alkanes of at least 4 members (excludes halogenated alkanes) is 3. The Balaban J connectivity index is 5.41. The fourth-order valence-electron chi connectivity index (χ4n) is 3.75. The van der Waals surface area contributed by atoms with E-state index in [1.54, 1.807) is 0 Å². The van der Waals surface area contributed by atoms with Crippen LogP contribution in [0.15, 0.2) is 0 Å². The van der Waals surface area contributed by atoms with E-state index in [4.69, 9.17) is 5.73 Å². The van der Waals surface area contributed by atoms with E-state index in [1.165, 1.54) is 25.7 Å². The van der Waals surface area contributed by atoms with Gasteiger partial charge in [0.25, 0.3) is 0 Å². The van der Waals surface area contributed by atoms with Crippen LogP contribution in [0.2, 0.25) is 0 Å². The summed E-state index contributed by atoms with van der Waals surface area (Å²) in [5.41, 5.74) is 5.51. The second-order valence-corrected chi connectivity index (χ2v) is 7.48. The van der Waals surface area contributed by atoms with Gasteiger partial charge in [0.05, 0.1) is 0 Å². The van der Waals surface area contributed by atoms with Crippen LogP contribution in [0.3, 0.4) is 0 Å². The third-order valence-corrected chi connectivity index (χ3v) is 5.73. The molecular formula is C21H44N2O. The summed E-state index contributed by atoms with van der Waals surface area (Å²) in [6.07, 6.45) is 12.3. The summed E-state index contributed by atoms with van der Waals surface area (Å²) >= 11 is 0. The molecule has 0 saturated carbocycles. The smallest absolute Gasteiger partial charge is 0.238 e. The summed E-state index contributed by atoms with van der Waals surface area (Å²) in [5.74, 6) is 0.873. The van der Waals surface area contributed by atoms with Gasteiger partial charge in [-0.25, -0.2) is 0 Å². The minimum atomic E-state index is -0.511. The first-order valence-electron chi connectivity index (χ1n) is 10.6. The Kier molecular flexibility index (Phi) is 13.4. The van der Waals surface area contributed by atoms with Crippen molar-refractivity contribution >= 4 is 5.91 Å². The van der Waals surface area contributed by atoms with Crippen molar-refractivity contribution in [2.75, 3.05) is 6.54 Å². The number of primary amides is 1. The maximum atomic E-state index is 12.6. The Bertz CT molecular complexity index is 307. The molecule has 0 fully saturated rings. The molecule has 0 aromatic carbocycles. The lowest BCUT2D eigenvalue weighted by molar-refractivity contribution is -0.127. The predicted molar refractivity (Wildman–Crippen MR) is 106 cm³/mol. The van der Waals surface area contributed by atoms with E-state index in [1.807, 2.05) is 0 Å². The number of hydrogen-bond acceptors (Lipinski definition) is 2. The van der Waals surface area contributed by atoms with Gasteiger partial charge in [-0.2, -0.15) is 0 Å². The maximum absolute atomic E-state index is 12.6. The summed E-state index contributed by atoms with van der Waals surface area (Å²) in [4.78, 5) is 12.6. The Morgan fingerprint density at radius 2 is 1.42 bits per heavy atom. The highest BCUT2D eigenvalue weighted by Gasteiger charge is 2.42. The van der Waals surface area contributed by atoms with Crippen molar-refractivity contribution in [3.8, 4) is 0 Å². The minimum absolute atomic E-state index is 0.126. The van der Waals surface area contributed by atoms with E-state index < -0.39 is 5.54 Å². The molecule has 24 heavy (non-hydrogen) atoms. The Hall–Kier alpha value is -0.570. The van der Waals surface area contributed by atoms with Crippen molar-refractivity contribution in [1.82, 2.24) is 5.32 Å². The van der Waals surface area contributed by atoms with Gasteiger partial charge in [0.15, 0.2) is 0 Å². The van der Waals surface area contributed by atoms with Crippen LogP contribution in [-0.4, -0.2) is 18.0 Å². The molecule has 0 aliphatic heterocycles. The Morgan fingerprint density at radius 1 is 0.917 bits per heavy atom. The fraction of sp³-hybridized carbons (Fsp3) is 0.952. The van der Waals surface area contributed by atoms with Crippen molar-refractivity contribution in [3.63, 3.8) is 0 Å². The van der Waals surface area contributed by atoms with Crippen LogP contribution in [0, 0.1) is 11.8 Å². The van der Waals surface area contributed by atoms with Crippen LogP contribution >= 0.6 is 0 Å². The standard InChI is InChI=1S/C21H44N2O/c1-6-11-14-19(15-12-7-2)21(20(22)24,16-13-8-3)23-17-18(9-4)10-5/h18-19,23H,6-17H2,1-5H3,(H2,22,24). The van der Waals surface area contributed by atoms with Crippen molar-refractivity contribution in [3.05, 3.63) is 0 Å². The summed E-state index contributed by atoms with van der Waals surface area (Å²) in [7, 11) is 0. The predicted octanol–water partition coefficient (Wildman–Crippen LogP) is 5.42. The van der Waals surface area contributed by atoms with Gasteiger partial charge in [-0.15, -0.1) is 0 Å². The molecule has 1 atom stereocenters. The van der Waals surface area contributed by atoms with Gasteiger partial charge in [0.1, 0.15) is 5.54 Å². The highest BCUT2D eigenvalue weighted by Crippen LogP contribution is 2.33. The van der Waals surface area contributed by atoms with Gasteiger partial charge < -0.3 is 11.1 Å². The van der Waals surface area contributed by atoms with E-state index in [9.17, 15) is 4.79 Å². The van der Waals surface area contributed by atoms with Gasteiger partial charge in [0.2, 0.25) is 5.91 Å². The second-order valence-electron chi connectivity index (χ2n) is 7.48. The van der Waals surface area contributed by atoms with E-state index in [0.717, 1.165) is 51.5 Å². The van der Waals surface area contributed by atoms with Gasteiger partial charge in [-0.3, -0.25) is 4.79 Å². The normalized spacial score (nSPS) is 14.3. The van der Waals surface area contributed by atoms with Gasteiger partial charge in [-0.1, -0.05) is 86.0 Å². The summed E-state index contributed by atoms with van der Waals surface area (Å²) in [5, 5.41) is 3.71. The largest absolute Gasteiger partial charge is 0.368 e. The zero-order valence-electron chi connectivity index (χ0n) is 17.1. The van der Waals surface area contributed by atoms with Gasteiger partial charge in [0, 0.05) is 0 Å². The zero-order valence-corrected chi connectivity index (χ0v) is 17.1. The molecule has 0 rings (SSSR count). The third-order valence-electron chi connectivity index (χ3n) is 5.73. The number of carbonyl (C=O) groups is 1. The molecule has 0 aromatic rings. The average Bonchev–Trinajstić information content (AvgIpc) is 2.58. The number of nitrogens with one attached hydrogen (secondary N) is 1. The molecule has 0 radical (unpaired) electrons. The molecule has 3 N–H and O–H groups in total. The molecule has 3 nitrogen and oxygen atoms in total. The molecule has 0 aliphatic carbocycles. The number of carbonyl (C=O) groups excluding carboxylic acids is 1. The molecular weight excluding hydrogens is 296 g/mol. The monoisotopic (exact) mass is 340 g/mol. The number of amides is 1. The SMILES string of the molecule is CCCCC(CCCC)C(CCCC)(NCC(CC)CC)C(N)=O. The second kappa shape index (κ2) is 13.7. The molecule has 0 bridgehead atoms. The molecule has 0 heterocycles. The zero-order chi connectivity index (χ0) is 18.4. The first kappa shape index (κ1) is 23.4. The van der Waals surface area contributed by atoms with Crippen molar-refractivity contribution in [2.24, 2.45) is 17.6 Å². The van der Waals surface area contributed by atoms with Crippen LogP contribution in [0.25, 0.3) is 0 Å². The number of rotatable bonds is 16. The summed E-state index contributed by atoms with van der Waals surface area (Å²) in [6, 6.07) is 0. The molecule has 0 aromatic heterocycles. The first-order valence-corrected chi connectivity index (χ1v) is 10.6. The lowest BCUT2D eigenvalue weighted by Gasteiger charge is -2.41. The van der Waals surface area contributed by atoms with E-state index in [0.29, 0.717) is 11.8 Å². The van der Waals surface area contributed by atoms with Gasteiger partial charge in [-0.05, 0) is 37.6 Å². The van der Waals surface area contributed by atoms with E-state index in [-0.39, 0.29) is 5.91 Å². The Labute approximate surface area is 151 Å². The maximum Gasteiger partial charge on any atom is 0.238 e. The van der Waals surface area contributed by atoms with Crippen LogP contribution in [0.4, 0.5) is 0 Å². The molecule has 0 aliphatic rings. The van der Waals surface area contributed by atoms with Gasteiger partial charge >= 0.3 is 0 Å².